The van der Waals surface area contributed by atoms with Gasteiger partial charge in [-0.1, -0.05) is 23.9 Å². The lowest BCUT2D eigenvalue weighted by molar-refractivity contribution is -0.118. The molecule has 1 amide bonds. The summed E-state index contributed by atoms with van der Waals surface area (Å²) in [7, 11) is 6.96. The second kappa shape index (κ2) is 9.62. The normalized spacial score (nSPS) is 10.6. The molecule has 2 rings (SSSR count). The number of nitrogens with one attached hydrogen (secondary N) is 1. The van der Waals surface area contributed by atoms with Crippen molar-refractivity contribution in [2.75, 3.05) is 39.0 Å². The first kappa shape index (κ1) is 19.5. The first-order valence-electron chi connectivity index (χ1n) is 7.71. The molecule has 0 saturated carbocycles. The minimum Gasteiger partial charge on any atom is -0.481 e. The monoisotopic (exact) mass is 375 g/mol. The van der Waals surface area contributed by atoms with Crippen LogP contribution in [0.25, 0.3) is 0 Å². The molecule has 1 N–H and O–H groups in total. The lowest BCUT2D eigenvalue weighted by Crippen LogP contribution is -2.19. The van der Waals surface area contributed by atoms with Crippen LogP contribution in [0.1, 0.15) is 5.56 Å². The van der Waals surface area contributed by atoms with Gasteiger partial charge < -0.3 is 14.4 Å². The van der Waals surface area contributed by atoms with E-state index in [-0.39, 0.29) is 11.7 Å². The van der Waals surface area contributed by atoms with E-state index in [1.165, 1.54) is 26.0 Å². The van der Waals surface area contributed by atoms with E-state index < -0.39 is 0 Å². The Morgan fingerprint density at radius 1 is 1.19 bits per heavy atom. The van der Waals surface area contributed by atoms with E-state index in [1.807, 2.05) is 43.3 Å². The van der Waals surface area contributed by atoms with Crippen molar-refractivity contribution in [1.29, 1.82) is 0 Å². The SMILES string of the molecule is COc1cc(OC)nc(SCC(=O)N/N=C\c2ccc(N(C)C)cc2)n1. The Morgan fingerprint density at radius 3 is 2.35 bits per heavy atom. The van der Waals surface area contributed by atoms with Gasteiger partial charge in [-0.25, -0.2) is 5.43 Å². The zero-order valence-electron chi connectivity index (χ0n) is 15.1. The standard InChI is InChI=1S/C17H21N5O3S/c1-22(2)13-7-5-12(6-8-13)10-18-21-14(23)11-26-17-19-15(24-3)9-16(20-17)25-4/h5-10H,11H2,1-4H3,(H,21,23)/b18-10-. The van der Waals surface area contributed by atoms with E-state index in [0.717, 1.165) is 11.3 Å². The van der Waals surface area contributed by atoms with Gasteiger partial charge in [-0.15, -0.1) is 0 Å². The topological polar surface area (TPSA) is 88.9 Å². The molecule has 0 spiro atoms. The van der Waals surface area contributed by atoms with Crippen LogP contribution in [0.5, 0.6) is 11.8 Å². The molecule has 0 radical (unpaired) electrons. The average Bonchev–Trinajstić information content (AvgIpc) is 2.66. The number of hydrogen-bond acceptors (Lipinski definition) is 8. The molecule has 9 heteroatoms. The number of anilines is 1. The van der Waals surface area contributed by atoms with Gasteiger partial charge in [0, 0.05) is 19.8 Å². The van der Waals surface area contributed by atoms with Crippen molar-refractivity contribution in [3.8, 4) is 11.8 Å². The summed E-state index contributed by atoms with van der Waals surface area (Å²) in [5.74, 6) is 0.604. The Bertz CT molecular complexity index is 743. The van der Waals surface area contributed by atoms with Gasteiger partial charge in [-0.05, 0) is 17.7 Å². The predicted molar refractivity (Wildman–Crippen MR) is 102 cm³/mol. The zero-order valence-corrected chi connectivity index (χ0v) is 15.9. The van der Waals surface area contributed by atoms with Crippen LogP contribution in [-0.2, 0) is 4.79 Å². The molecule has 0 bridgehead atoms. The van der Waals surface area contributed by atoms with Crippen molar-refractivity contribution >= 4 is 29.6 Å². The van der Waals surface area contributed by atoms with E-state index >= 15 is 0 Å². The highest BCUT2D eigenvalue weighted by Gasteiger charge is 2.08. The predicted octanol–water partition coefficient (Wildman–Crippen LogP) is 1.80. The maximum Gasteiger partial charge on any atom is 0.250 e. The number of aromatic nitrogens is 2. The van der Waals surface area contributed by atoms with Crippen LogP contribution in [-0.4, -0.2) is 56.2 Å². The molecule has 0 atom stereocenters. The quantitative estimate of drug-likeness (QED) is 0.326. The Morgan fingerprint density at radius 2 is 1.81 bits per heavy atom. The van der Waals surface area contributed by atoms with Crippen molar-refractivity contribution in [1.82, 2.24) is 15.4 Å². The number of thioether (sulfide) groups is 1. The molecule has 1 aromatic heterocycles. The molecule has 0 aliphatic carbocycles. The number of methoxy groups -OCH3 is 2. The average molecular weight is 375 g/mol. The minimum atomic E-state index is -0.262. The maximum atomic E-state index is 11.9. The largest absolute Gasteiger partial charge is 0.481 e. The van der Waals surface area contributed by atoms with E-state index in [9.17, 15) is 4.79 Å². The zero-order chi connectivity index (χ0) is 18.9. The molecule has 0 aliphatic rings. The number of rotatable bonds is 8. The lowest BCUT2D eigenvalue weighted by atomic mass is 10.2. The molecule has 0 fully saturated rings. The molecule has 26 heavy (non-hydrogen) atoms. The van der Waals surface area contributed by atoms with Crippen LogP contribution in [0.15, 0.2) is 40.6 Å². The van der Waals surface area contributed by atoms with Gasteiger partial charge >= 0.3 is 0 Å². The summed E-state index contributed by atoms with van der Waals surface area (Å²) in [6, 6.07) is 9.38. The fourth-order valence-electron chi connectivity index (χ4n) is 1.86. The molecule has 1 heterocycles. The number of carbonyl (C=O) groups is 1. The van der Waals surface area contributed by atoms with Gasteiger partial charge in [-0.2, -0.15) is 15.1 Å². The molecular formula is C17H21N5O3S. The summed E-state index contributed by atoms with van der Waals surface area (Å²) in [6.45, 7) is 0. The molecular weight excluding hydrogens is 354 g/mol. The lowest BCUT2D eigenvalue weighted by Gasteiger charge is -2.11. The van der Waals surface area contributed by atoms with Crippen LogP contribution >= 0.6 is 11.8 Å². The van der Waals surface area contributed by atoms with Gasteiger partial charge in [-0.3, -0.25) is 4.79 Å². The Labute approximate surface area is 156 Å². The second-order valence-corrected chi connectivity index (χ2v) is 6.25. The number of hydrazone groups is 1. The second-order valence-electron chi connectivity index (χ2n) is 5.30. The van der Waals surface area contributed by atoms with E-state index in [0.29, 0.717) is 16.9 Å². The van der Waals surface area contributed by atoms with E-state index in [2.05, 4.69) is 20.5 Å². The highest BCUT2D eigenvalue weighted by Crippen LogP contribution is 2.21. The number of carbonyl (C=O) groups excluding carboxylic acids is 1. The third kappa shape index (κ3) is 5.92. The third-order valence-electron chi connectivity index (χ3n) is 3.22. The summed E-state index contributed by atoms with van der Waals surface area (Å²) in [5, 5.41) is 4.34. The number of amides is 1. The summed E-state index contributed by atoms with van der Waals surface area (Å²) < 4.78 is 10.1. The summed E-state index contributed by atoms with van der Waals surface area (Å²) in [6.07, 6.45) is 1.59. The highest BCUT2D eigenvalue weighted by molar-refractivity contribution is 7.99. The summed E-state index contributed by atoms with van der Waals surface area (Å²) in [5.41, 5.74) is 4.46. The fraction of sp³-hybridized carbons (Fsp3) is 0.294. The van der Waals surface area contributed by atoms with E-state index in [1.54, 1.807) is 12.3 Å². The van der Waals surface area contributed by atoms with Crippen molar-refractivity contribution in [3.05, 3.63) is 35.9 Å². The summed E-state index contributed by atoms with van der Waals surface area (Å²) >= 11 is 1.17. The first-order chi connectivity index (χ1) is 12.5. The Balaban J connectivity index is 1.85. The van der Waals surface area contributed by atoms with Crippen molar-refractivity contribution in [2.24, 2.45) is 5.10 Å². The molecule has 1 aromatic carbocycles. The number of ether oxygens (including phenoxy) is 2. The van der Waals surface area contributed by atoms with Gasteiger partial charge in [0.15, 0.2) is 5.16 Å². The van der Waals surface area contributed by atoms with Gasteiger partial charge in [0.1, 0.15) is 0 Å². The van der Waals surface area contributed by atoms with Crippen molar-refractivity contribution in [2.45, 2.75) is 5.16 Å². The van der Waals surface area contributed by atoms with Crippen LogP contribution in [0.2, 0.25) is 0 Å². The van der Waals surface area contributed by atoms with Gasteiger partial charge in [0.2, 0.25) is 11.8 Å². The third-order valence-corrected chi connectivity index (χ3v) is 4.07. The minimum absolute atomic E-state index is 0.118. The Hall–Kier alpha value is -2.81. The van der Waals surface area contributed by atoms with Crippen LogP contribution < -0.4 is 19.8 Å². The molecule has 138 valence electrons. The van der Waals surface area contributed by atoms with Gasteiger partial charge in [0.25, 0.3) is 5.91 Å². The maximum absolute atomic E-state index is 11.9. The van der Waals surface area contributed by atoms with Crippen molar-refractivity contribution < 1.29 is 14.3 Å². The fourth-order valence-corrected chi connectivity index (χ4v) is 2.49. The molecule has 8 nitrogen and oxygen atoms in total. The number of benzene rings is 1. The van der Waals surface area contributed by atoms with Crippen LogP contribution in [0.3, 0.4) is 0 Å². The van der Waals surface area contributed by atoms with Crippen LogP contribution in [0.4, 0.5) is 5.69 Å². The van der Waals surface area contributed by atoms with Gasteiger partial charge in [0.05, 0.1) is 32.3 Å². The van der Waals surface area contributed by atoms with Crippen LogP contribution in [0, 0.1) is 0 Å². The molecule has 2 aromatic rings. The van der Waals surface area contributed by atoms with Crippen molar-refractivity contribution in [3.63, 3.8) is 0 Å². The number of hydrogen-bond donors (Lipinski definition) is 1. The Kier molecular flexibility index (Phi) is 7.22. The smallest absolute Gasteiger partial charge is 0.250 e. The molecule has 0 saturated heterocycles. The highest BCUT2D eigenvalue weighted by atomic mass is 32.2. The first-order valence-corrected chi connectivity index (χ1v) is 8.69. The van der Waals surface area contributed by atoms with E-state index in [4.69, 9.17) is 9.47 Å². The number of nitrogens with zero attached hydrogens (tertiary/aromatic N) is 4. The summed E-state index contributed by atoms with van der Waals surface area (Å²) in [4.78, 5) is 22.2. The molecule has 0 unspecified atom stereocenters. The molecule has 0 aliphatic heterocycles.